The van der Waals surface area contributed by atoms with Gasteiger partial charge in [0.2, 0.25) is 0 Å². The van der Waals surface area contributed by atoms with Gasteiger partial charge in [0.05, 0.1) is 11.7 Å². The van der Waals surface area contributed by atoms with E-state index in [9.17, 15) is 19.5 Å². The molecule has 0 fully saturated rings. The van der Waals surface area contributed by atoms with E-state index in [0.29, 0.717) is 5.69 Å². The van der Waals surface area contributed by atoms with E-state index in [4.69, 9.17) is 9.47 Å². The molecule has 0 aromatic carbocycles. The number of ether oxygens (including phenoxy) is 2. The number of aromatic nitrogens is 2. The topological polar surface area (TPSA) is 111 Å². The van der Waals surface area contributed by atoms with Crippen molar-refractivity contribution in [3.05, 3.63) is 18.2 Å². The summed E-state index contributed by atoms with van der Waals surface area (Å²) in [6, 6.07) is -1.89. The Hall–Kier alpha value is -2.58. The highest BCUT2D eigenvalue weighted by atomic mass is 16.6. The quantitative estimate of drug-likeness (QED) is 0.777. The van der Waals surface area contributed by atoms with Gasteiger partial charge in [-0.15, -0.1) is 0 Å². The molecule has 0 aliphatic rings. The zero-order valence-electron chi connectivity index (χ0n) is 18.7. The van der Waals surface area contributed by atoms with E-state index in [0.717, 1.165) is 9.47 Å². The largest absolute Gasteiger partial charge is 0.480 e. The number of hydrogen-bond acceptors (Lipinski definition) is 6. The second-order valence-corrected chi connectivity index (χ2v) is 9.28. The molecular formula is C20H33N3O6. The number of imidazole rings is 1. The number of amides is 1. The highest BCUT2D eigenvalue weighted by molar-refractivity contribution is 5.81. The van der Waals surface area contributed by atoms with Gasteiger partial charge in [0, 0.05) is 6.20 Å². The number of carboxylic acids is 1. The van der Waals surface area contributed by atoms with E-state index in [1.165, 1.54) is 12.5 Å². The van der Waals surface area contributed by atoms with Crippen LogP contribution in [0.2, 0.25) is 0 Å². The van der Waals surface area contributed by atoms with E-state index >= 15 is 0 Å². The second kappa shape index (κ2) is 8.84. The van der Waals surface area contributed by atoms with Gasteiger partial charge in [-0.25, -0.2) is 23.9 Å². The first-order valence-electron chi connectivity index (χ1n) is 9.55. The van der Waals surface area contributed by atoms with Crippen LogP contribution in [0.25, 0.3) is 0 Å². The standard InChI is InChI=1S/C20H33N3O6/c1-12(2)15(16(24)25)23(18(27)29-20(7,8)9)13(3)14-10-22(11-21-14)17(26)28-19(4,5)6/h10-13,15H,1-9H3,(H,24,25)/t13?,15-/m0/s1. The van der Waals surface area contributed by atoms with Gasteiger partial charge < -0.3 is 14.6 Å². The fourth-order valence-corrected chi connectivity index (χ4v) is 2.66. The fourth-order valence-electron chi connectivity index (χ4n) is 2.66. The highest BCUT2D eigenvalue weighted by Gasteiger charge is 2.39. The summed E-state index contributed by atoms with van der Waals surface area (Å²) < 4.78 is 11.9. The normalized spacial score (nSPS) is 14.3. The number of rotatable bonds is 5. The summed E-state index contributed by atoms with van der Waals surface area (Å²) in [7, 11) is 0. The number of carboxylic acid groups (broad SMARTS) is 1. The Morgan fingerprint density at radius 1 is 1.03 bits per heavy atom. The lowest BCUT2D eigenvalue weighted by Crippen LogP contribution is -2.50. The van der Waals surface area contributed by atoms with E-state index in [1.807, 2.05) is 0 Å². The van der Waals surface area contributed by atoms with Crippen molar-refractivity contribution in [2.45, 2.75) is 85.6 Å². The molecule has 164 valence electrons. The van der Waals surface area contributed by atoms with Crippen LogP contribution in [0, 0.1) is 5.92 Å². The van der Waals surface area contributed by atoms with Crippen LogP contribution in [-0.4, -0.2) is 55.0 Å². The van der Waals surface area contributed by atoms with E-state index < -0.39 is 41.4 Å². The summed E-state index contributed by atoms with van der Waals surface area (Å²) in [6.07, 6.45) is 1.32. The first kappa shape index (κ1) is 24.5. The number of hydrogen-bond donors (Lipinski definition) is 1. The minimum Gasteiger partial charge on any atom is -0.480 e. The van der Waals surface area contributed by atoms with Crippen LogP contribution in [0.1, 0.15) is 74.0 Å². The first-order chi connectivity index (χ1) is 13.0. The fraction of sp³-hybridized carbons (Fsp3) is 0.700. The predicted octanol–water partition coefficient (Wildman–Crippen LogP) is 4.07. The molecule has 1 aromatic rings. The van der Waals surface area contributed by atoms with Gasteiger partial charge in [0.15, 0.2) is 0 Å². The molecule has 0 saturated carbocycles. The molecule has 0 radical (unpaired) electrons. The average Bonchev–Trinajstić information content (AvgIpc) is 2.97. The van der Waals surface area contributed by atoms with Crippen LogP contribution < -0.4 is 0 Å². The Labute approximate surface area is 172 Å². The molecule has 1 amide bonds. The van der Waals surface area contributed by atoms with E-state index in [-0.39, 0.29) is 5.92 Å². The minimum atomic E-state index is -1.15. The van der Waals surface area contributed by atoms with Crippen molar-refractivity contribution in [2.75, 3.05) is 0 Å². The third-order valence-electron chi connectivity index (χ3n) is 3.84. The van der Waals surface area contributed by atoms with Crippen LogP contribution in [-0.2, 0) is 14.3 Å². The summed E-state index contributed by atoms with van der Waals surface area (Å²) in [5.41, 5.74) is -1.14. The van der Waals surface area contributed by atoms with Crippen molar-refractivity contribution in [2.24, 2.45) is 5.92 Å². The third-order valence-corrected chi connectivity index (χ3v) is 3.84. The van der Waals surface area contributed by atoms with Crippen LogP contribution in [0.3, 0.4) is 0 Å². The van der Waals surface area contributed by atoms with E-state index in [2.05, 4.69) is 4.98 Å². The molecule has 1 aromatic heterocycles. The van der Waals surface area contributed by atoms with E-state index in [1.54, 1.807) is 62.3 Å². The second-order valence-electron chi connectivity index (χ2n) is 9.28. The van der Waals surface area contributed by atoms with Crippen LogP contribution in [0.15, 0.2) is 12.5 Å². The lowest BCUT2D eigenvalue weighted by molar-refractivity contribution is -0.146. The smallest absolute Gasteiger partial charge is 0.419 e. The lowest BCUT2D eigenvalue weighted by atomic mass is 10.0. The van der Waals surface area contributed by atoms with Gasteiger partial charge in [-0.05, 0) is 54.4 Å². The van der Waals surface area contributed by atoms with Gasteiger partial charge in [0.1, 0.15) is 23.6 Å². The van der Waals surface area contributed by atoms with Gasteiger partial charge >= 0.3 is 18.2 Å². The molecule has 0 spiro atoms. The minimum absolute atomic E-state index is 0.341. The monoisotopic (exact) mass is 411 g/mol. The predicted molar refractivity (Wildman–Crippen MR) is 107 cm³/mol. The number of nitrogens with zero attached hydrogens (tertiary/aromatic N) is 3. The van der Waals surface area contributed by atoms with Crippen LogP contribution >= 0.6 is 0 Å². The van der Waals surface area contributed by atoms with Crippen molar-refractivity contribution >= 4 is 18.2 Å². The molecule has 0 saturated heterocycles. The average molecular weight is 411 g/mol. The van der Waals surface area contributed by atoms with Crippen molar-refractivity contribution in [1.82, 2.24) is 14.5 Å². The third kappa shape index (κ3) is 7.07. The van der Waals surface area contributed by atoms with Gasteiger partial charge in [-0.1, -0.05) is 13.8 Å². The maximum atomic E-state index is 12.9. The van der Waals surface area contributed by atoms with Gasteiger partial charge in [-0.2, -0.15) is 0 Å². The molecule has 2 atom stereocenters. The van der Waals surface area contributed by atoms with Crippen molar-refractivity contribution < 1.29 is 29.0 Å². The molecule has 0 aliphatic heterocycles. The summed E-state index contributed by atoms with van der Waals surface area (Å²) in [4.78, 5) is 42.4. The van der Waals surface area contributed by atoms with Gasteiger partial charge in [0.25, 0.3) is 0 Å². The Balaban J connectivity index is 3.27. The number of carbonyl (C=O) groups is 3. The Morgan fingerprint density at radius 3 is 1.97 bits per heavy atom. The molecule has 9 nitrogen and oxygen atoms in total. The SMILES string of the molecule is CC(C)[C@@H](C(=O)O)N(C(=O)OC(C)(C)C)C(C)c1cn(C(=O)OC(C)(C)C)cn1. The Bertz CT molecular complexity index is 742. The summed E-state index contributed by atoms with van der Waals surface area (Å²) >= 11 is 0. The molecule has 9 heteroatoms. The molecule has 0 aliphatic carbocycles. The van der Waals surface area contributed by atoms with Gasteiger partial charge in [-0.3, -0.25) is 4.90 Å². The molecule has 1 heterocycles. The first-order valence-corrected chi connectivity index (χ1v) is 9.55. The summed E-state index contributed by atoms with van der Waals surface area (Å²) in [5.74, 6) is -1.53. The number of carbonyl (C=O) groups excluding carboxylic acids is 2. The maximum absolute atomic E-state index is 12.9. The Morgan fingerprint density at radius 2 is 1.55 bits per heavy atom. The molecule has 29 heavy (non-hydrogen) atoms. The van der Waals surface area contributed by atoms with Crippen molar-refractivity contribution in [3.63, 3.8) is 0 Å². The zero-order valence-corrected chi connectivity index (χ0v) is 18.7. The van der Waals surface area contributed by atoms with Crippen molar-refractivity contribution in [3.8, 4) is 0 Å². The summed E-state index contributed by atoms with van der Waals surface area (Å²) in [5, 5.41) is 9.73. The molecule has 1 rings (SSSR count). The number of aliphatic carboxylic acids is 1. The maximum Gasteiger partial charge on any atom is 0.419 e. The molecular weight excluding hydrogens is 378 g/mol. The lowest BCUT2D eigenvalue weighted by Gasteiger charge is -2.36. The summed E-state index contributed by atoms with van der Waals surface area (Å²) in [6.45, 7) is 15.4. The highest BCUT2D eigenvalue weighted by Crippen LogP contribution is 2.27. The van der Waals surface area contributed by atoms with Crippen LogP contribution in [0.4, 0.5) is 9.59 Å². The van der Waals surface area contributed by atoms with Crippen molar-refractivity contribution in [1.29, 1.82) is 0 Å². The molecule has 1 unspecified atom stereocenters. The molecule has 1 N–H and O–H groups in total. The molecule has 0 bridgehead atoms. The zero-order chi connectivity index (χ0) is 22.7. The Kier molecular flexibility index (Phi) is 7.45. The van der Waals surface area contributed by atoms with Crippen LogP contribution in [0.5, 0.6) is 0 Å².